The summed E-state index contributed by atoms with van der Waals surface area (Å²) in [5.41, 5.74) is 2.37. The molecule has 0 bridgehead atoms. The van der Waals surface area contributed by atoms with E-state index >= 15 is 0 Å². The Balaban J connectivity index is 1.52. The van der Waals surface area contributed by atoms with E-state index in [4.69, 9.17) is 21.1 Å². The molecule has 0 aromatic heterocycles. The van der Waals surface area contributed by atoms with Crippen molar-refractivity contribution in [1.82, 2.24) is 4.90 Å². The normalized spacial score (nSPS) is 13.2. The molecular weight excluding hydrogens is 468 g/mol. The lowest BCUT2D eigenvalue weighted by atomic mass is 9.84. The Kier molecular flexibility index (Phi) is 6.91. The van der Waals surface area contributed by atoms with Gasteiger partial charge in [-0.25, -0.2) is 0 Å². The highest BCUT2D eigenvalue weighted by atomic mass is 35.5. The van der Waals surface area contributed by atoms with Gasteiger partial charge in [-0.15, -0.1) is 0 Å². The Hall–Kier alpha value is -3.68. The fourth-order valence-corrected chi connectivity index (χ4v) is 4.27. The number of amides is 1. The summed E-state index contributed by atoms with van der Waals surface area (Å²) in [6.07, 6.45) is 0. The summed E-state index contributed by atoms with van der Waals surface area (Å²) < 4.78 is 10.6. The minimum atomic E-state index is -0.520. The number of hydrogen-bond donors (Lipinski definition) is 1. The van der Waals surface area contributed by atoms with Crippen LogP contribution in [-0.4, -0.2) is 49.7 Å². The van der Waals surface area contributed by atoms with Crippen molar-refractivity contribution in [3.63, 3.8) is 0 Å². The van der Waals surface area contributed by atoms with E-state index in [2.05, 4.69) is 5.32 Å². The van der Waals surface area contributed by atoms with Gasteiger partial charge in [0.05, 0.1) is 31.0 Å². The Bertz CT molecular complexity index is 1340. The predicted molar refractivity (Wildman–Crippen MR) is 134 cm³/mol. The molecule has 180 valence electrons. The first kappa shape index (κ1) is 24.4. The van der Waals surface area contributed by atoms with E-state index < -0.39 is 6.04 Å². The van der Waals surface area contributed by atoms with Crippen LogP contribution in [0.3, 0.4) is 0 Å². The van der Waals surface area contributed by atoms with Crippen molar-refractivity contribution in [2.75, 3.05) is 26.6 Å². The minimum Gasteiger partial charge on any atom is -0.493 e. The standard InChI is InChI=1S/C27H25ClN2O5/c1-15(30(2)14-16-9-10-23(34-3)24(11-16)35-4)27(33)29-22-13-20-19(12-21(22)28)25(31)17-7-5-6-8-18(17)26(20)32/h5-13,15H,14H2,1-4H3,(H,29,33)/t15-/m0/s1. The third-order valence-electron chi connectivity index (χ3n) is 6.19. The lowest BCUT2D eigenvalue weighted by Gasteiger charge is -2.25. The number of likely N-dealkylation sites (N-methyl/N-ethyl adjacent to an activating group) is 1. The molecule has 4 rings (SSSR count). The summed E-state index contributed by atoms with van der Waals surface area (Å²) in [5, 5.41) is 2.99. The van der Waals surface area contributed by atoms with Crippen LogP contribution in [0.4, 0.5) is 5.69 Å². The monoisotopic (exact) mass is 492 g/mol. The van der Waals surface area contributed by atoms with Crippen molar-refractivity contribution in [3.8, 4) is 11.5 Å². The zero-order valence-corrected chi connectivity index (χ0v) is 20.6. The number of fused-ring (bicyclic) bond motifs is 2. The van der Waals surface area contributed by atoms with Gasteiger partial charge >= 0.3 is 0 Å². The van der Waals surface area contributed by atoms with Crippen LogP contribution in [0.2, 0.25) is 5.02 Å². The molecular formula is C27H25ClN2O5. The molecule has 0 aliphatic heterocycles. The Morgan fingerprint density at radius 1 is 0.914 bits per heavy atom. The van der Waals surface area contributed by atoms with Crippen LogP contribution in [0, 0.1) is 0 Å². The highest BCUT2D eigenvalue weighted by Crippen LogP contribution is 2.34. The minimum absolute atomic E-state index is 0.187. The SMILES string of the molecule is COc1ccc(CN(C)[C@@H](C)C(=O)Nc2cc3c(cc2Cl)C(=O)c2ccccc2C3=O)cc1OC. The molecule has 7 nitrogen and oxygen atoms in total. The number of carbonyl (C=O) groups excluding carboxylic acids is 3. The molecule has 35 heavy (non-hydrogen) atoms. The predicted octanol–water partition coefficient (Wildman–Crippen LogP) is 4.59. The van der Waals surface area contributed by atoms with E-state index in [9.17, 15) is 14.4 Å². The summed E-state index contributed by atoms with van der Waals surface area (Å²) in [4.78, 5) is 40.8. The van der Waals surface area contributed by atoms with Gasteiger partial charge in [0.25, 0.3) is 0 Å². The van der Waals surface area contributed by atoms with E-state index in [1.54, 1.807) is 45.4 Å². The number of ether oxygens (including phenoxy) is 2. The summed E-state index contributed by atoms with van der Waals surface area (Å²) in [7, 11) is 4.97. The van der Waals surface area contributed by atoms with E-state index in [-0.39, 0.29) is 39.3 Å². The van der Waals surface area contributed by atoms with Crippen molar-refractivity contribution < 1.29 is 23.9 Å². The number of hydrogen-bond acceptors (Lipinski definition) is 6. The third kappa shape index (κ3) is 4.65. The molecule has 1 N–H and O–H groups in total. The number of ketones is 2. The molecule has 8 heteroatoms. The molecule has 1 aliphatic rings. The first-order chi connectivity index (χ1) is 16.7. The van der Waals surface area contributed by atoms with Crippen molar-refractivity contribution in [3.05, 3.63) is 87.4 Å². The molecule has 0 heterocycles. The summed E-state index contributed by atoms with van der Waals surface area (Å²) >= 11 is 6.40. The third-order valence-corrected chi connectivity index (χ3v) is 6.50. The maximum absolute atomic E-state index is 13.0. The van der Waals surface area contributed by atoms with Crippen LogP contribution in [0.5, 0.6) is 11.5 Å². The van der Waals surface area contributed by atoms with Gasteiger partial charge in [-0.3, -0.25) is 19.3 Å². The van der Waals surface area contributed by atoms with E-state index in [1.807, 2.05) is 30.1 Å². The summed E-state index contributed by atoms with van der Waals surface area (Å²) in [6.45, 7) is 2.25. The summed E-state index contributed by atoms with van der Waals surface area (Å²) in [5.74, 6) is 0.392. The van der Waals surface area contributed by atoms with Gasteiger partial charge in [0, 0.05) is 28.8 Å². The Labute approximate surface area is 208 Å². The lowest BCUT2D eigenvalue weighted by molar-refractivity contribution is -0.120. The number of benzene rings is 3. The van der Waals surface area contributed by atoms with Crippen LogP contribution in [0.25, 0.3) is 0 Å². The summed E-state index contributed by atoms with van der Waals surface area (Å²) in [6, 6.07) is 14.7. The van der Waals surface area contributed by atoms with E-state index in [0.717, 1.165) is 5.56 Å². The number of rotatable bonds is 7. The van der Waals surface area contributed by atoms with Gasteiger partial charge in [-0.1, -0.05) is 41.9 Å². The van der Waals surface area contributed by atoms with Gasteiger partial charge < -0.3 is 14.8 Å². The topological polar surface area (TPSA) is 84.9 Å². The maximum Gasteiger partial charge on any atom is 0.241 e. The second kappa shape index (κ2) is 9.90. The molecule has 0 saturated carbocycles. The fraction of sp³-hybridized carbons (Fsp3) is 0.222. The maximum atomic E-state index is 13.0. The zero-order valence-electron chi connectivity index (χ0n) is 19.8. The zero-order chi connectivity index (χ0) is 25.3. The molecule has 0 fully saturated rings. The van der Waals surface area contributed by atoms with Crippen molar-refractivity contribution >= 4 is 34.8 Å². The van der Waals surface area contributed by atoms with Crippen molar-refractivity contribution in [1.29, 1.82) is 0 Å². The van der Waals surface area contributed by atoms with Crippen LogP contribution in [-0.2, 0) is 11.3 Å². The average molecular weight is 493 g/mol. The van der Waals surface area contributed by atoms with Gasteiger partial charge in [-0.2, -0.15) is 0 Å². The lowest BCUT2D eigenvalue weighted by Crippen LogP contribution is -2.39. The van der Waals surface area contributed by atoms with Gasteiger partial charge in [0.15, 0.2) is 23.1 Å². The molecule has 0 unspecified atom stereocenters. The molecule has 3 aromatic carbocycles. The second-order valence-electron chi connectivity index (χ2n) is 8.35. The van der Waals surface area contributed by atoms with E-state index in [0.29, 0.717) is 29.2 Å². The number of carbonyl (C=O) groups is 3. The second-order valence-corrected chi connectivity index (χ2v) is 8.76. The highest BCUT2D eigenvalue weighted by molar-refractivity contribution is 6.36. The highest BCUT2D eigenvalue weighted by Gasteiger charge is 2.31. The molecule has 3 aromatic rings. The van der Waals surface area contributed by atoms with Gasteiger partial charge in [0.2, 0.25) is 5.91 Å². The first-order valence-corrected chi connectivity index (χ1v) is 11.4. The molecule has 1 aliphatic carbocycles. The smallest absolute Gasteiger partial charge is 0.241 e. The molecule has 0 spiro atoms. The van der Waals surface area contributed by atoms with Crippen LogP contribution < -0.4 is 14.8 Å². The fourth-order valence-electron chi connectivity index (χ4n) is 4.06. The molecule has 1 atom stereocenters. The first-order valence-electron chi connectivity index (χ1n) is 11.0. The molecule has 0 radical (unpaired) electrons. The van der Waals surface area contributed by atoms with Crippen molar-refractivity contribution in [2.24, 2.45) is 0 Å². The average Bonchev–Trinajstić information content (AvgIpc) is 2.87. The van der Waals surface area contributed by atoms with Gasteiger partial charge in [0.1, 0.15) is 0 Å². The number of nitrogens with zero attached hydrogens (tertiary/aromatic N) is 1. The number of anilines is 1. The van der Waals surface area contributed by atoms with Crippen LogP contribution in [0.15, 0.2) is 54.6 Å². The largest absolute Gasteiger partial charge is 0.493 e. The number of methoxy groups -OCH3 is 2. The Morgan fingerprint density at radius 2 is 1.51 bits per heavy atom. The van der Waals surface area contributed by atoms with Crippen molar-refractivity contribution in [2.45, 2.75) is 19.5 Å². The molecule has 0 saturated heterocycles. The van der Waals surface area contributed by atoms with Crippen LogP contribution >= 0.6 is 11.6 Å². The number of nitrogens with one attached hydrogen (secondary N) is 1. The number of halogens is 1. The van der Waals surface area contributed by atoms with Crippen LogP contribution in [0.1, 0.15) is 44.3 Å². The van der Waals surface area contributed by atoms with E-state index in [1.165, 1.54) is 12.1 Å². The Morgan fingerprint density at radius 3 is 2.11 bits per heavy atom. The van der Waals surface area contributed by atoms with Gasteiger partial charge in [-0.05, 0) is 43.8 Å². The quantitative estimate of drug-likeness (QED) is 0.406. The molecule has 1 amide bonds.